The molecule has 0 saturated carbocycles. The predicted molar refractivity (Wildman–Crippen MR) is 138 cm³/mol. The summed E-state index contributed by atoms with van der Waals surface area (Å²) in [6.07, 6.45) is 2.15. The van der Waals surface area contributed by atoms with Gasteiger partial charge in [0.05, 0.1) is 11.9 Å². The van der Waals surface area contributed by atoms with Crippen LogP contribution < -0.4 is 9.62 Å². The number of amides is 2. The van der Waals surface area contributed by atoms with E-state index in [4.69, 9.17) is 23.2 Å². The molecular formula is C24H31Cl2N3O4S. The van der Waals surface area contributed by atoms with Crippen LogP contribution in [0.3, 0.4) is 0 Å². The van der Waals surface area contributed by atoms with Crippen molar-refractivity contribution in [3.63, 3.8) is 0 Å². The van der Waals surface area contributed by atoms with E-state index >= 15 is 0 Å². The molecule has 2 aromatic rings. The van der Waals surface area contributed by atoms with E-state index in [2.05, 4.69) is 5.32 Å². The van der Waals surface area contributed by atoms with Gasteiger partial charge in [0.2, 0.25) is 21.8 Å². The number of sulfonamides is 1. The molecule has 7 nitrogen and oxygen atoms in total. The van der Waals surface area contributed by atoms with Gasteiger partial charge in [-0.25, -0.2) is 8.42 Å². The van der Waals surface area contributed by atoms with Crippen LogP contribution in [0.15, 0.2) is 42.5 Å². The maximum atomic E-state index is 13.6. The van der Waals surface area contributed by atoms with Gasteiger partial charge in [-0.15, -0.1) is 0 Å². The number of nitrogens with one attached hydrogen (secondary N) is 1. The van der Waals surface area contributed by atoms with Gasteiger partial charge in [0.15, 0.2) is 0 Å². The highest BCUT2D eigenvalue weighted by Gasteiger charge is 2.31. The van der Waals surface area contributed by atoms with Crippen molar-refractivity contribution >= 4 is 50.7 Å². The van der Waals surface area contributed by atoms with E-state index in [9.17, 15) is 18.0 Å². The Morgan fingerprint density at radius 2 is 1.71 bits per heavy atom. The minimum atomic E-state index is -3.81. The van der Waals surface area contributed by atoms with Gasteiger partial charge in [-0.3, -0.25) is 13.9 Å². The van der Waals surface area contributed by atoms with Crippen molar-refractivity contribution in [3.8, 4) is 0 Å². The lowest BCUT2D eigenvalue weighted by atomic mass is 10.1. The third-order valence-corrected chi connectivity index (χ3v) is 7.12. The summed E-state index contributed by atoms with van der Waals surface area (Å²) in [5.41, 5.74) is 1.83. The SMILES string of the molecule is CCCNC(=O)[C@@H](CC)N(Cc1ccc(Cl)cc1)C(=O)CN(c1ccc(C)c(Cl)c1)S(C)(=O)=O. The van der Waals surface area contributed by atoms with Gasteiger partial charge >= 0.3 is 0 Å². The van der Waals surface area contributed by atoms with Gasteiger partial charge in [-0.1, -0.05) is 55.2 Å². The monoisotopic (exact) mass is 527 g/mol. The fourth-order valence-corrected chi connectivity index (χ4v) is 4.56. The molecule has 0 saturated heterocycles. The molecule has 1 N–H and O–H groups in total. The third kappa shape index (κ3) is 7.61. The Morgan fingerprint density at radius 1 is 1.06 bits per heavy atom. The minimum absolute atomic E-state index is 0.125. The normalized spacial score (nSPS) is 12.2. The Labute approximate surface area is 212 Å². The summed E-state index contributed by atoms with van der Waals surface area (Å²) in [5.74, 6) is -0.786. The number of nitrogens with zero attached hydrogens (tertiary/aromatic N) is 2. The van der Waals surface area contributed by atoms with E-state index in [0.717, 1.165) is 28.1 Å². The van der Waals surface area contributed by atoms with Crippen molar-refractivity contribution in [2.75, 3.05) is 23.7 Å². The fraction of sp³-hybridized carbons (Fsp3) is 0.417. The number of aryl methyl sites for hydroxylation is 1. The van der Waals surface area contributed by atoms with Gasteiger partial charge in [0.25, 0.3) is 0 Å². The average Bonchev–Trinajstić information content (AvgIpc) is 2.78. The fourth-order valence-electron chi connectivity index (χ4n) is 3.42. The first-order valence-corrected chi connectivity index (χ1v) is 13.6. The van der Waals surface area contributed by atoms with E-state index in [0.29, 0.717) is 23.0 Å². The van der Waals surface area contributed by atoms with Crippen LogP contribution in [-0.4, -0.2) is 50.5 Å². The summed E-state index contributed by atoms with van der Waals surface area (Å²) in [5, 5.41) is 3.78. The number of hydrogen-bond acceptors (Lipinski definition) is 4. The molecule has 0 radical (unpaired) electrons. The predicted octanol–water partition coefficient (Wildman–Crippen LogP) is 4.40. The highest BCUT2D eigenvalue weighted by atomic mass is 35.5. The minimum Gasteiger partial charge on any atom is -0.354 e. The maximum Gasteiger partial charge on any atom is 0.244 e. The van der Waals surface area contributed by atoms with Crippen LogP contribution in [0.2, 0.25) is 10.0 Å². The largest absolute Gasteiger partial charge is 0.354 e. The first-order chi connectivity index (χ1) is 16.0. The second kappa shape index (κ2) is 12.4. The average molecular weight is 529 g/mol. The maximum absolute atomic E-state index is 13.6. The summed E-state index contributed by atoms with van der Waals surface area (Å²) in [7, 11) is -3.81. The molecule has 0 aromatic heterocycles. The highest BCUT2D eigenvalue weighted by Crippen LogP contribution is 2.25. The van der Waals surface area contributed by atoms with Crippen molar-refractivity contribution < 1.29 is 18.0 Å². The molecule has 34 heavy (non-hydrogen) atoms. The zero-order chi connectivity index (χ0) is 25.5. The summed E-state index contributed by atoms with van der Waals surface area (Å²) in [6.45, 7) is 5.69. The lowest BCUT2D eigenvalue weighted by Crippen LogP contribution is -2.52. The van der Waals surface area contributed by atoms with Gasteiger partial charge < -0.3 is 10.2 Å². The molecule has 0 aliphatic carbocycles. The standard InChI is InChI=1S/C24H31Cl2N3O4S/c1-5-13-27-24(31)22(6-2)28(15-18-8-10-19(25)11-9-18)23(30)16-29(34(4,32)33)20-12-7-17(3)21(26)14-20/h7-12,14,22H,5-6,13,15-16H2,1-4H3,(H,27,31)/t22-/m1/s1. The lowest BCUT2D eigenvalue weighted by Gasteiger charge is -2.33. The van der Waals surface area contributed by atoms with E-state index in [1.165, 1.54) is 11.0 Å². The van der Waals surface area contributed by atoms with Crippen LogP contribution in [0, 0.1) is 6.92 Å². The quantitative estimate of drug-likeness (QED) is 0.469. The number of rotatable bonds is 11. The molecule has 0 unspecified atom stereocenters. The van der Waals surface area contributed by atoms with Gasteiger partial charge in [-0.2, -0.15) is 0 Å². The number of hydrogen-bond donors (Lipinski definition) is 1. The van der Waals surface area contributed by atoms with Crippen molar-refractivity contribution in [3.05, 3.63) is 63.6 Å². The van der Waals surface area contributed by atoms with Gasteiger partial charge in [-0.05, 0) is 55.2 Å². The molecule has 0 aliphatic heterocycles. The van der Waals surface area contributed by atoms with Crippen LogP contribution in [0.25, 0.3) is 0 Å². The molecule has 0 bridgehead atoms. The second-order valence-corrected chi connectivity index (χ2v) is 10.8. The van der Waals surface area contributed by atoms with Crippen LogP contribution in [0.4, 0.5) is 5.69 Å². The van der Waals surface area contributed by atoms with Crippen LogP contribution in [-0.2, 0) is 26.2 Å². The van der Waals surface area contributed by atoms with Crippen molar-refractivity contribution in [2.45, 2.75) is 46.2 Å². The van der Waals surface area contributed by atoms with E-state index in [1.807, 2.05) is 13.8 Å². The Morgan fingerprint density at radius 3 is 2.24 bits per heavy atom. The van der Waals surface area contributed by atoms with Crippen LogP contribution in [0.5, 0.6) is 0 Å². The van der Waals surface area contributed by atoms with E-state index in [-0.39, 0.29) is 18.1 Å². The molecule has 0 heterocycles. The van der Waals surface area contributed by atoms with Crippen molar-refractivity contribution in [1.82, 2.24) is 10.2 Å². The highest BCUT2D eigenvalue weighted by molar-refractivity contribution is 7.92. The molecule has 0 aliphatic rings. The van der Waals surface area contributed by atoms with Crippen molar-refractivity contribution in [2.24, 2.45) is 0 Å². The number of benzene rings is 2. The first-order valence-electron chi connectivity index (χ1n) is 11.0. The molecule has 1 atom stereocenters. The molecular weight excluding hydrogens is 497 g/mol. The topological polar surface area (TPSA) is 86.8 Å². The summed E-state index contributed by atoms with van der Waals surface area (Å²) in [4.78, 5) is 27.9. The number of carbonyl (C=O) groups excluding carboxylic acids is 2. The first kappa shape index (κ1) is 28.0. The Hall–Kier alpha value is -2.29. The number of carbonyl (C=O) groups is 2. The van der Waals surface area contributed by atoms with Gasteiger partial charge in [0, 0.05) is 23.1 Å². The Balaban J connectivity index is 2.43. The molecule has 2 amide bonds. The third-order valence-electron chi connectivity index (χ3n) is 5.32. The van der Waals surface area contributed by atoms with Crippen LogP contribution >= 0.6 is 23.2 Å². The molecule has 0 spiro atoms. The molecule has 2 aromatic carbocycles. The number of anilines is 1. The summed E-state index contributed by atoms with van der Waals surface area (Å²) < 4.78 is 26.2. The van der Waals surface area contributed by atoms with E-state index < -0.39 is 28.5 Å². The lowest BCUT2D eigenvalue weighted by molar-refractivity contribution is -0.140. The smallest absolute Gasteiger partial charge is 0.244 e. The summed E-state index contributed by atoms with van der Waals surface area (Å²) in [6, 6.07) is 11.0. The van der Waals surface area contributed by atoms with Gasteiger partial charge in [0.1, 0.15) is 12.6 Å². The zero-order valence-corrected chi connectivity index (χ0v) is 22.2. The summed E-state index contributed by atoms with van der Waals surface area (Å²) >= 11 is 12.2. The molecule has 2 rings (SSSR count). The Bertz CT molecular complexity index is 1110. The van der Waals surface area contributed by atoms with Crippen LogP contribution in [0.1, 0.15) is 37.8 Å². The number of halogens is 2. The Kier molecular flexibility index (Phi) is 10.2. The van der Waals surface area contributed by atoms with Crippen molar-refractivity contribution in [1.29, 1.82) is 0 Å². The molecule has 10 heteroatoms. The molecule has 0 fully saturated rings. The second-order valence-electron chi connectivity index (χ2n) is 8.07. The zero-order valence-electron chi connectivity index (χ0n) is 19.8. The molecule has 186 valence electrons. The van der Waals surface area contributed by atoms with E-state index in [1.54, 1.807) is 43.3 Å².